The molecule has 0 spiro atoms. The number of aliphatic hydroxyl groups excluding tert-OH is 1. The van der Waals surface area contributed by atoms with Gasteiger partial charge in [-0.2, -0.15) is 0 Å². The molecule has 1 N–H and O–H groups in total. The van der Waals surface area contributed by atoms with Gasteiger partial charge in [0.25, 0.3) is 0 Å². The Balaban J connectivity index is 3.21. The fourth-order valence-corrected chi connectivity index (χ4v) is 1.07. The molecule has 0 saturated heterocycles. The first-order chi connectivity index (χ1) is 5.15. The molecule has 0 aliphatic carbocycles. The van der Waals surface area contributed by atoms with Crippen molar-refractivity contribution in [1.29, 1.82) is 0 Å². The second-order valence-electron chi connectivity index (χ2n) is 2.50. The zero-order valence-electron chi connectivity index (χ0n) is 6.56. The molecular weight excluding hydrogens is 162 g/mol. The van der Waals surface area contributed by atoms with Crippen LogP contribution in [0.4, 0.5) is 0 Å². The normalized spacial score (nSPS) is 10.2. The lowest BCUT2D eigenvalue weighted by Crippen LogP contribution is -1.94. The van der Waals surface area contributed by atoms with Gasteiger partial charge in [-0.25, -0.2) is 4.98 Å². The number of aliphatic hydroxyl groups is 1. The summed E-state index contributed by atoms with van der Waals surface area (Å²) in [5.41, 5.74) is 2.54. The molecule has 0 unspecified atom stereocenters. The number of nitrogens with zero attached hydrogens (tertiary/aromatic N) is 1. The molecule has 60 valence electrons. The Labute approximate surface area is 70.8 Å². The van der Waals surface area contributed by atoms with Gasteiger partial charge in [0.2, 0.25) is 0 Å². The van der Waals surface area contributed by atoms with Crippen LogP contribution in [0.2, 0.25) is 5.15 Å². The zero-order valence-corrected chi connectivity index (χ0v) is 7.31. The minimum absolute atomic E-state index is 0.0246. The second kappa shape index (κ2) is 3.20. The van der Waals surface area contributed by atoms with Crippen LogP contribution in [-0.2, 0) is 6.61 Å². The number of pyridine rings is 1. The van der Waals surface area contributed by atoms with E-state index in [0.717, 1.165) is 16.8 Å². The highest BCUT2D eigenvalue weighted by Gasteiger charge is 2.02. The Morgan fingerprint density at radius 2 is 2.18 bits per heavy atom. The summed E-state index contributed by atoms with van der Waals surface area (Å²) in [7, 11) is 0. The predicted octanol–water partition coefficient (Wildman–Crippen LogP) is 1.84. The number of halogens is 1. The number of hydrogen-bond acceptors (Lipinski definition) is 2. The molecule has 0 bridgehead atoms. The van der Waals surface area contributed by atoms with Gasteiger partial charge >= 0.3 is 0 Å². The summed E-state index contributed by atoms with van der Waals surface area (Å²) in [6, 6.07) is 1.85. The molecule has 1 aromatic rings. The van der Waals surface area contributed by atoms with Gasteiger partial charge in [-0.1, -0.05) is 11.6 Å². The van der Waals surface area contributed by atoms with Crippen LogP contribution < -0.4 is 0 Å². The maximum absolute atomic E-state index is 8.85. The average Bonchev–Trinajstić information content (AvgIpc) is 1.97. The van der Waals surface area contributed by atoms with Crippen LogP contribution >= 0.6 is 11.6 Å². The number of aromatic nitrogens is 1. The van der Waals surface area contributed by atoms with Crippen LogP contribution in [0.25, 0.3) is 0 Å². The standard InChI is InChI=1S/C8H10ClNO/c1-5-3-7(4-11)6(2)10-8(5)9/h3,11H,4H2,1-2H3. The van der Waals surface area contributed by atoms with Crippen molar-refractivity contribution < 1.29 is 5.11 Å². The van der Waals surface area contributed by atoms with E-state index in [9.17, 15) is 0 Å². The summed E-state index contributed by atoms with van der Waals surface area (Å²) < 4.78 is 0. The quantitative estimate of drug-likeness (QED) is 0.655. The molecule has 0 aromatic carbocycles. The van der Waals surface area contributed by atoms with E-state index >= 15 is 0 Å². The Morgan fingerprint density at radius 3 is 2.73 bits per heavy atom. The number of aryl methyl sites for hydroxylation is 2. The lowest BCUT2D eigenvalue weighted by atomic mass is 10.2. The summed E-state index contributed by atoms with van der Waals surface area (Å²) >= 11 is 5.75. The van der Waals surface area contributed by atoms with Crippen molar-refractivity contribution in [3.63, 3.8) is 0 Å². The van der Waals surface area contributed by atoms with E-state index in [2.05, 4.69) is 4.98 Å². The lowest BCUT2D eigenvalue weighted by molar-refractivity contribution is 0.280. The molecule has 0 atom stereocenters. The molecule has 11 heavy (non-hydrogen) atoms. The van der Waals surface area contributed by atoms with Crippen LogP contribution in [-0.4, -0.2) is 10.1 Å². The lowest BCUT2D eigenvalue weighted by Gasteiger charge is -2.03. The van der Waals surface area contributed by atoms with Gasteiger partial charge in [0.05, 0.1) is 6.61 Å². The first-order valence-corrected chi connectivity index (χ1v) is 3.76. The molecule has 0 fully saturated rings. The van der Waals surface area contributed by atoms with Crippen molar-refractivity contribution >= 4 is 11.6 Å². The Morgan fingerprint density at radius 1 is 1.55 bits per heavy atom. The summed E-state index contributed by atoms with van der Waals surface area (Å²) in [5, 5.41) is 9.36. The second-order valence-corrected chi connectivity index (χ2v) is 2.86. The van der Waals surface area contributed by atoms with E-state index in [1.807, 2.05) is 19.9 Å². The zero-order chi connectivity index (χ0) is 8.43. The smallest absolute Gasteiger partial charge is 0.132 e. The SMILES string of the molecule is Cc1cc(CO)c(C)nc1Cl. The van der Waals surface area contributed by atoms with Crippen molar-refractivity contribution in [3.8, 4) is 0 Å². The minimum Gasteiger partial charge on any atom is -0.392 e. The Hall–Kier alpha value is -0.600. The monoisotopic (exact) mass is 171 g/mol. The number of rotatable bonds is 1. The van der Waals surface area contributed by atoms with Crippen molar-refractivity contribution in [2.75, 3.05) is 0 Å². The third kappa shape index (κ3) is 1.70. The highest BCUT2D eigenvalue weighted by Crippen LogP contribution is 2.15. The fraction of sp³-hybridized carbons (Fsp3) is 0.375. The van der Waals surface area contributed by atoms with E-state index in [-0.39, 0.29) is 6.61 Å². The summed E-state index contributed by atoms with van der Waals surface area (Å²) in [4.78, 5) is 4.05. The summed E-state index contributed by atoms with van der Waals surface area (Å²) in [6.45, 7) is 3.72. The van der Waals surface area contributed by atoms with Gasteiger partial charge in [0.15, 0.2) is 0 Å². The summed E-state index contributed by atoms with van der Waals surface area (Å²) in [5.74, 6) is 0. The van der Waals surface area contributed by atoms with Crippen LogP contribution in [0.15, 0.2) is 6.07 Å². The molecule has 0 saturated carbocycles. The molecule has 1 aromatic heterocycles. The van der Waals surface area contributed by atoms with Crippen LogP contribution in [0, 0.1) is 13.8 Å². The van der Waals surface area contributed by atoms with E-state index in [1.54, 1.807) is 0 Å². The Bertz CT molecular complexity index is 273. The van der Waals surface area contributed by atoms with Gasteiger partial charge in [-0.3, -0.25) is 0 Å². The van der Waals surface area contributed by atoms with Crippen molar-refractivity contribution in [3.05, 3.63) is 28.0 Å². The van der Waals surface area contributed by atoms with Crippen molar-refractivity contribution in [1.82, 2.24) is 4.98 Å². The van der Waals surface area contributed by atoms with Gasteiger partial charge in [0, 0.05) is 5.69 Å². The molecule has 0 radical (unpaired) electrons. The van der Waals surface area contributed by atoms with Gasteiger partial charge in [-0.15, -0.1) is 0 Å². The number of hydrogen-bond donors (Lipinski definition) is 1. The average molecular weight is 172 g/mol. The highest BCUT2D eigenvalue weighted by molar-refractivity contribution is 6.30. The predicted molar refractivity (Wildman–Crippen MR) is 44.6 cm³/mol. The van der Waals surface area contributed by atoms with Crippen molar-refractivity contribution in [2.24, 2.45) is 0 Å². The van der Waals surface area contributed by atoms with Gasteiger partial charge < -0.3 is 5.11 Å². The molecule has 1 rings (SSSR count). The fourth-order valence-electron chi connectivity index (χ4n) is 0.893. The molecular formula is C8H10ClNO. The van der Waals surface area contributed by atoms with Crippen molar-refractivity contribution in [2.45, 2.75) is 20.5 Å². The van der Waals surface area contributed by atoms with Crippen LogP contribution in [0.5, 0.6) is 0 Å². The molecule has 3 heteroatoms. The maximum Gasteiger partial charge on any atom is 0.132 e. The molecule has 2 nitrogen and oxygen atoms in total. The van der Waals surface area contributed by atoms with E-state index in [4.69, 9.17) is 16.7 Å². The molecule has 0 aliphatic heterocycles. The van der Waals surface area contributed by atoms with Crippen LogP contribution in [0.1, 0.15) is 16.8 Å². The van der Waals surface area contributed by atoms with E-state index in [0.29, 0.717) is 5.15 Å². The first kappa shape index (κ1) is 8.50. The largest absolute Gasteiger partial charge is 0.392 e. The van der Waals surface area contributed by atoms with Gasteiger partial charge in [0.1, 0.15) is 5.15 Å². The van der Waals surface area contributed by atoms with Gasteiger partial charge in [-0.05, 0) is 31.0 Å². The molecule has 1 heterocycles. The third-order valence-corrected chi connectivity index (χ3v) is 2.00. The molecule has 0 amide bonds. The Kier molecular flexibility index (Phi) is 2.47. The summed E-state index contributed by atoms with van der Waals surface area (Å²) in [6.07, 6.45) is 0. The first-order valence-electron chi connectivity index (χ1n) is 3.38. The van der Waals surface area contributed by atoms with E-state index < -0.39 is 0 Å². The third-order valence-electron chi connectivity index (χ3n) is 1.62. The van der Waals surface area contributed by atoms with Crippen LogP contribution in [0.3, 0.4) is 0 Å². The van der Waals surface area contributed by atoms with E-state index in [1.165, 1.54) is 0 Å². The maximum atomic E-state index is 8.85. The minimum atomic E-state index is 0.0246. The molecule has 0 aliphatic rings. The highest BCUT2D eigenvalue weighted by atomic mass is 35.5. The topological polar surface area (TPSA) is 33.1 Å².